The molecular formula is C25H20BrFN2O. The Balaban J connectivity index is 1.92. The van der Waals surface area contributed by atoms with Gasteiger partial charge < -0.3 is 5.32 Å². The molecular weight excluding hydrogens is 443 g/mol. The molecule has 0 aliphatic rings. The third-order valence-electron chi connectivity index (χ3n) is 4.70. The van der Waals surface area contributed by atoms with Crippen molar-refractivity contribution in [3.8, 4) is 6.07 Å². The van der Waals surface area contributed by atoms with Crippen molar-refractivity contribution in [2.75, 3.05) is 5.32 Å². The number of hydrogen-bond donors (Lipinski definition) is 1. The summed E-state index contributed by atoms with van der Waals surface area (Å²) in [4.78, 5) is 12.8. The molecule has 0 aliphatic heterocycles. The molecule has 0 bridgehead atoms. The average molecular weight is 463 g/mol. The van der Waals surface area contributed by atoms with Crippen molar-refractivity contribution >= 4 is 33.6 Å². The third-order valence-corrected chi connectivity index (χ3v) is 5.20. The third kappa shape index (κ3) is 5.43. The largest absolute Gasteiger partial charge is 0.321 e. The molecule has 3 rings (SSSR count). The van der Waals surface area contributed by atoms with Gasteiger partial charge in [-0.05, 0) is 71.5 Å². The zero-order chi connectivity index (χ0) is 21.5. The van der Waals surface area contributed by atoms with Gasteiger partial charge in [0.2, 0.25) is 0 Å². The number of hydrogen-bond acceptors (Lipinski definition) is 2. The Morgan fingerprint density at radius 2 is 1.90 bits per heavy atom. The summed E-state index contributed by atoms with van der Waals surface area (Å²) < 4.78 is 14.4. The van der Waals surface area contributed by atoms with Gasteiger partial charge in [-0.2, -0.15) is 5.26 Å². The number of halogens is 2. The summed E-state index contributed by atoms with van der Waals surface area (Å²) in [6.45, 7) is 2.01. The second-order valence-corrected chi connectivity index (χ2v) is 7.70. The summed E-state index contributed by atoms with van der Waals surface area (Å²) in [5, 5.41) is 12.4. The molecule has 0 atom stereocenters. The lowest BCUT2D eigenvalue weighted by atomic mass is 9.98. The molecule has 0 spiro atoms. The minimum absolute atomic E-state index is 0.000464. The fraction of sp³-hybridized carbons (Fsp3) is 0.120. The highest BCUT2D eigenvalue weighted by atomic mass is 79.9. The molecule has 1 N–H and O–H groups in total. The van der Waals surface area contributed by atoms with Crippen LogP contribution in [0.25, 0.3) is 6.08 Å². The highest BCUT2D eigenvalue weighted by Gasteiger charge is 2.13. The number of benzene rings is 3. The van der Waals surface area contributed by atoms with E-state index in [1.165, 1.54) is 12.1 Å². The van der Waals surface area contributed by atoms with Crippen LogP contribution in [0, 0.1) is 17.1 Å². The topological polar surface area (TPSA) is 52.9 Å². The Hall–Kier alpha value is -3.23. The quantitative estimate of drug-likeness (QED) is 0.345. The van der Waals surface area contributed by atoms with E-state index in [-0.39, 0.29) is 11.4 Å². The van der Waals surface area contributed by atoms with E-state index < -0.39 is 5.91 Å². The summed E-state index contributed by atoms with van der Waals surface area (Å²) in [7, 11) is 0. The van der Waals surface area contributed by atoms with Gasteiger partial charge in [0.05, 0.1) is 0 Å². The predicted octanol–water partition coefficient (Wildman–Crippen LogP) is 6.29. The minimum atomic E-state index is -0.463. The molecule has 0 unspecified atom stereocenters. The molecule has 30 heavy (non-hydrogen) atoms. The first-order chi connectivity index (χ1) is 14.5. The summed E-state index contributed by atoms with van der Waals surface area (Å²) in [5.74, 6) is -0.761. The van der Waals surface area contributed by atoms with Gasteiger partial charge in [-0.1, -0.05) is 59.3 Å². The lowest BCUT2D eigenvalue weighted by molar-refractivity contribution is -0.112. The molecule has 3 aromatic carbocycles. The van der Waals surface area contributed by atoms with Crippen LogP contribution in [0.4, 0.5) is 10.1 Å². The van der Waals surface area contributed by atoms with Gasteiger partial charge in [-0.15, -0.1) is 0 Å². The van der Waals surface area contributed by atoms with E-state index in [9.17, 15) is 14.4 Å². The molecule has 0 heterocycles. The molecule has 0 aliphatic carbocycles. The molecule has 0 fully saturated rings. The second kappa shape index (κ2) is 10.00. The number of rotatable bonds is 6. The van der Waals surface area contributed by atoms with E-state index in [1.807, 2.05) is 61.5 Å². The van der Waals surface area contributed by atoms with Crippen molar-refractivity contribution in [3.05, 3.63) is 105 Å². The molecule has 1 amide bonds. The van der Waals surface area contributed by atoms with Crippen molar-refractivity contribution in [1.82, 2.24) is 0 Å². The highest BCUT2D eigenvalue weighted by molar-refractivity contribution is 9.10. The molecule has 0 saturated heterocycles. The summed E-state index contributed by atoms with van der Waals surface area (Å²) in [5.41, 5.74) is 4.12. The van der Waals surface area contributed by atoms with Crippen LogP contribution in [-0.2, 0) is 17.6 Å². The van der Waals surface area contributed by atoms with E-state index in [0.717, 1.165) is 33.1 Å². The number of amides is 1. The van der Waals surface area contributed by atoms with Crippen LogP contribution >= 0.6 is 15.9 Å². The second-order valence-electron chi connectivity index (χ2n) is 6.78. The lowest BCUT2D eigenvalue weighted by Crippen LogP contribution is -2.14. The molecule has 150 valence electrons. The normalized spacial score (nSPS) is 11.1. The molecule has 3 nitrogen and oxygen atoms in total. The van der Waals surface area contributed by atoms with Gasteiger partial charge in [-0.25, -0.2) is 4.39 Å². The van der Waals surface area contributed by atoms with Gasteiger partial charge in [-0.3, -0.25) is 4.79 Å². The number of aryl methyl sites for hydroxylation is 1. The van der Waals surface area contributed by atoms with Gasteiger partial charge in [0, 0.05) is 10.2 Å². The standard InChI is InChI=1S/C25H20BrFN2O/c1-2-18-7-3-4-9-24(18)29-25(30)21(16-28)14-20-15-22(26)11-10-19(20)12-17-6-5-8-23(27)13-17/h3-11,13-15H,2,12H2,1H3,(H,29,30)/b21-14+. The Morgan fingerprint density at radius 1 is 1.10 bits per heavy atom. The lowest BCUT2D eigenvalue weighted by Gasteiger charge is -2.11. The number of carbonyl (C=O) groups is 1. The van der Waals surface area contributed by atoms with E-state index >= 15 is 0 Å². The number of anilines is 1. The van der Waals surface area contributed by atoms with Crippen LogP contribution in [0.3, 0.4) is 0 Å². The van der Waals surface area contributed by atoms with Crippen molar-refractivity contribution in [2.24, 2.45) is 0 Å². The van der Waals surface area contributed by atoms with Crippen molar-refractivity contribution < 1.29 is 9.18 Å². The van der Waals surface area contributed by atoms with Gasteiger partial charge in [0.15, 0.2) is 0 Å². The van der Waals surface area contributed by atoms with Crippen molar-refractivity contribution in [3.63, 3.8) is 0 Å². The smallest absolute Gasteiger partial charge is 0.266 e. The number of nitriles is 1. The zero-order valence-corrected chi connectivity index (χ0v) is 18.0. The van der Waals surface area contributed by atoms with Crippen LogP contribution in [0.2, 0.25) is 0 Å². The zero-order valence-electron chi connectivity index (χ0n) is 16.5. The van der Waals surface area contributed by atoms with Crippen molar-refractivity contribution in [1.29, 1.82) is 5.26 Å². The van der Waals surface area contributed by atoms with E-state index in [2.05, 4.69) is 21.2 Å². The Kier molecular flexibility index (Phi) is 7.16. The van der Waals surface area contributed by atoms with Crippen LogP contribution in [-0.4, -0.2) is 5.91 Å². The predicted molar refractivity (Wildman–Crippen MR) is 121 cm³/mol. The van der Waals surface area contributed by atoms with E-state index in [4.69, 9.17) is 0 Å². The maximum atomic E-state index is 13.6. The van der Waals surface area contributed by atoms with E-state index in [1.54, 1.807) is 12.1 Å². The number of nitrogens with one attached hydrogen (secondary N) is 1. The van der Waals surface area contributed by atoms with Crippen LogP contribution in [0.1, 0.15) is 29.2 Å². The monoisotopic (exact) mass is 462 g/mol. The number of nitrogens with zero attached hydrogens (tertiary/aromatic N) is 1. The SMILES string of the molecule is CCc1ccccc1NC(=O)/C(C#N)=C/c1cc(Br)ccc1Cc1cccc(F)c1. The molecule has 0 saturated carbocycles. The maximum absolute atomic E-state index is 13.6. The summed E-state index contributed by atoms with van der Waals surface area (Å²) in [6.07, 6.45) is 2.82. The minimum Gasteiger partial charge on any atom is -0.321 e. The fourth-order valence-corrected chi connectivity index (χ4v) is 3.55. The summed E-state index contributed by atoms with van der Waals surface area (Å²) in [6, 6.07) is 21.5. The first-order valence-electron chi connectivity index (χ1n) is 9.54. The first-order valence-corrected chi connectivity index (χ1v) is 10.3. The molecule has 0 aromatic heterocycles. The van der Waals surface area contributed by atoms with Gasteiger partial charge in [0.1, 0.15) is 17.5 Å². The van der Waals surface area contributed by atoms with Gasteiger partial charge in [0.25, 0.3) is 5.91 Å². The Labute approximate surface area is 184 Å². The maximum Gasteiger partial charge on any atom is 0.266 e. The number of carbonyl (C=O) groups excluding carboxylic acids is 1. The highest BCUT2D eigenvalue weighted by Crippen LogP contribution is 2.23. The Morgan fingerprint density at radius 3 is 2.63 bits per heavy atom. The summed E-state index contributed by atoms with van der Waals surface area (Å²) >= 11 is 3.44. The average Bonchev–Trinajstić information content (AvgIpc) is 2.74. The Bertz CT molecular complexity index is 1150. The van der Waals surface area contributed by atoms with Crippen LogP contribution in [0.15, 0.2) is 76.8 Å². The van der Waals surface area contributed by atoms with Crippen molar-refractivity contribution in [2.45, 2.75) is 19.8 Å². The van der Waals surface area contributed by atoms with Gasteiger partial charge >= 0.3 is 0 Å². The molecule has 5 heteroatoms. The molecule has 0 radical (unpaired) electrons. The molecule has 3 aromatic rings. The fourth-order valence-electron chi connectivity index (χ4n) is 3.17. The van der Waals surface area contributed by atoms with Crippen LogP contribution in [0.5, 0.6) is 0 Å². The number of para-hydroxylation sites is 1. The van der Waals surface area contributed by atoms with E-state index in [0.29, 0.717) is 12.1 Å². The first kappa shape index (κ1) is 21.5. The van der Waals surface area contributed by atoms with Crippen LogP contribution < -0.4 is 5.32 Å².